The molecule has 2 aromatic carbocycles. The van der Waals surface area contributed by atoms with E-state index in [0.717, 1.165) is 5.56 Å². The molecule has 0 aliphatic carbocycles. The summed E-state index contributed by atoms with van der Waals surface area (Å²) in [4.78, 5) is 26.3. The molecule has 2 atom stereocenters. The topological polar surface area (TPSA) is 90.0 Å². The van der Waals surface area contributed by atoms with Crippen LogP contribution in [0, 0.1) is 6.92 Å². The van der Waals surface area contributed by atoms with Gasteiger partial charge in [-0.15, -0.1) is 0 Å². The molecule has 7 nitrogen and oxygen atoms in total. The Hall–Kier alpha value is -2.71. The minimum Gasteiger partial charge on any atom is -0.467 e. The fourth-order valence-electron chi connectivity index (χ4n) is 3.14. The van der Waals surface area contributed by atoms with E-state index in [4.69, 9.17) is 8.92 Å². The van der Waals surface area contributed by atoms with Gasteiger partial charge in [-0.2, -0.15) is 8.42 Å². The molecule has 0 bridgehead atoms. The zero-order chi connectivity index (χ0) is 20.3. The van der Waals surface area contributed by atoms with E-state index < -0.39 is 28.2 Å². The van der Waals surface area contributed by atoms with Crippen molar-refractivity contribution < 1.29 is 26.9 Å². The number of hydrogen-bond donors (Lipinski definition) is 0. The molecule has 28 heavy (non-hydrogen) atoms. The first-order valence-corrected chi connectivity index (χ1v) is 10.2. The van der Waals surface area contributed by atoms with Gasteiger partial charge < -0.3 is 9.64 Å². The number of methoxy groups -OCH3 is 1. The van der Waals surface area contributed by atoms with E-state index in [1.165, 1.54) is 24.1 Å². The van der Waals surface area contributed by atoms with Crippen LogP contribution in [0.3, 0.4) is 0 Å². The van der Waals surface area contributed by atoms with Crippen LogP contribution in [0.2, 0.25) is 0 Å². The smallest absolute Gasteiger partial charge is 0.328 e. The van der Waals surface area contributed by atoms with Crippen molar-refractivity contribution >= 4 is 22.0 Å². The van der Waals surface area contributed by atoms with Crippen LogP contribution < -0.4 is 0 Å². The molecule has 0 N–H and O–H groups in total. The highest BCUT2D eigenvalue weighted by Crippen LogP contribution is 2.27. The second kappa shape index (κ2) is 8.12. The molecule has 3 rings (SSSR count). The lowest BCUT2D eigenvalue weighted by molar-refractivity contribution is -0.145. The molecule has 0 radical (unpaired) electrons. The van der Waals surface area contributed by atoms with Crippen LogP contribution in [0.5, 0.6) is 0 Å². The molecule has 2 aromatic rings. The average Bonchev–Trinajstić information content (AvgIpc) is 3.10. The third-order valence-electron chi connectivity index (χ3n) is 4.59. The zero-order valence-electron chi connectivity index (χ0n) is 15.6. The number of carbonyl (C=O) groups excluding carboxylic acids is 2. The Labute approximate surface area is 164 Å². The highest BCUT2D eigenvalue weighted by atomic mass is 32.2. The molecule has 1 aliphatic rings. The Morgan fingerprint density at radius 3 is 2.29 bits per heavy atom. The van der Waals surface area contributed by atoms with Gasteiger partial charge in [-0.25, -0.2) is 4.79 Å². The summed E-state index contributed by atoms with van der Waals surface area (Å²) in [5.41, 5.74) is 1.32. The van der Waals surface area contributed by atoms with Crippen LogP contribution in [0.25, 0.3) is 0 Å². The van der Waals surface area contributed by atoms with Crippen LogP contribution in [-0.4, -0.2) is 51.0 Å². The summed E-state index contributed by atoms with van der Waals surface area (Å²) < 4.78 is 35.2. The molecule has 1 saturated heterocycles. The molecule has 1 amide bonds. The van der Waals surface area contributed by atoms with Gasteiger partial charge in [-0.05, 0) is 31.2 Å². The van der Waals surface area contributed by atoms with Crippen LogP contribution in [0.1, 0.15) is 22.3 Å². The fourth-order valence-corrected chi connectivity index (χ4v) is 4.22. The third kappa shape index (κ3) is 4.23. The van der Waals surface area contributed by atoms with Gasteiger partial charge in [-0.3, -0.25) is 8.98 Å². The van der Waals surface area contributed by atoms with Gasteiger partial charge in [0, 0.05) is 18.5 Å². The number of carbonyl (C=O) groups is 2. The van der Waals surface area contributed by atoms with Crippen molar-refractivity contribution in [3.63, 3.8) is 0 Å². The number of aryl methyl sites for hydroxylation is 1. The van der Waals surface area contributed by atoms with Crippen molar-refractivity contribution in [2.24, 2.45) is 0 Å². The first kappa shape index (κ1) is 20.0. The molecule has 0 unspecified atom stereocenters. The Balaban J connectivity index is 1.81. The molecular formula is C20H21NO6S. The van der Waals surface area contributed by atoms with E-state index in [2.05, 4.69) is 0 Å². The third-order valence-corrected chi connectivity index (χ3v) is 5.97. The van der Waals surface area contributed by atoms with E-state index >= 15 is 0 Å². The van der Waals surface area contributed by atoms with Crippen LogP contribution in [0.4, 0.5) is 0 Å². The summed E-state index contributed by atoms with van der Waals surface area (Å²) in [6.07, 6.45) is -0.806. The van der Waals surface area contributed by atoms with E-state index in [9.17, 15) is 18.0 Å². The van der Waals surface area contributed by atoms with Gasteiger partial charge in [0.1, 0.15) is 6.04 Å². The quantitative estimate of drug-likeness (QED) is 0.561. The van der Waals surface area contributed by atoms with Crippen LogP contribution in [0.15, 0.2) is 59.5 Å². The predicted molar refractivity (Wildman–Crippen MR) is 101 cm³/mol. The van der Waals surface area contributed by atoms with Crippen molar-refractivity contribution in [1.82, 2.24) is 4.90 Å². The number of likely N-dealkylation sites (tertiary alicyclic amines) is 1. The molecule has 0 saturated carbocycles. The summed E-state index contributed by atoms with van der Waals surface area (Å²) in [6, 6.07) is 13.8. The molecule has 1 aliphatic heterocycles. The lowest BCUT2D eigenvalue weighted by Crippen LogP contribution is -2.41. The Morgan fingerprint density at radius 2 is 1.68 bits per heavy atom. The van der Waals surface area contributed by atoms with Gasteiger partial charge >= 0.3 is 5.97 Å². The number of ether oxygens (including phenoxy) is 1. The summed E-state index contributed by atoms with van der Waals surface area (Å²) in [7, 11) is -2.79. The normalized spacial score (nSPS) is 19.4. The number of benzene rings is 2. The van der Waals surface area contributed by atoms with Crippen molar-refractivity contribution in [3.8, 4) is 0 Å². The molecule has 8 heteroatoms. The van der Waals surface area contributed by atoms with E-state index in [-0.39, 0.29) is 23.8 Å². The van der Waals surface area contributed by atoms with Gasteiger partial charge in [-0.1, -0.05) is 35.9 Å². The number of nitrogens with zero attached hydrogens (tertiary/aromatic N) is 1. The van der Waals surface area contributed by atoms with Crippen LogP contribution >= 0.6 is 0 Å². The maximum absolute atomic E-state index is 12.8. The molecule has 1 heterocycles. The van der Waals surface area contributed by atoms with Gasteiger partial charge in [0.2, 0.25) is 0 Å². The second-order valence-electron chi connectivity index (χ2n) is 6.58. The number of amides is 1. The summed E-state index contributed by atoms with van der Waals surface area (Å²) in [5.74, 6) is -0.988. The standard InChI is InChI=1S/C20H21NO6S/c1-14-8-10-17(11-9-14)28(24,25)27-16-12-18(20(23)26-2)21(13-16)19(22)15-6-4-3-5-7-15/h3-11,16,18H,12-13H2,1-2H3/t16-,18+/m1/s1. The molecular weight excluding hydrogens is 382 g/mol. The number of hydrogen-bond acceptors (Lipinski definition) is 6. The summed E-state index contributed by atoms with van der Waals surface area (Å²) in [5, 5.41) is 0. The Morgan fingerprint density at radius 1 is 1.04 bits per heavy atom. The van der Waals surface area contributed by atoms with Gasteiger partial charge in [0.15, 0.2) is 0 Å². The largest absolute Gasteiger partial charge is 0.467 e. The Bertz CT molecular complexity index is 956. The minimum absolute atomic E-state index is 0.0283. The first-order valence-electron chi connectivity index (χ1n) is 8.75. The van der Waals surface area contributed by atoms with Crippen LogP contribution in [-0.2, 0) is 23.8 Å². The summed E-state index contributed by atoms with van der Waals surface area (Å²) >= 11 is 0. The monoisotopic (exact) mass is 403 g/mol. The lowest BCUT2D eigenvalue weighted by Gasteiger charge is -2.22. The first-order chi connectivity index (χ1) is 13.3. The van der Waals surface area contributed by atoms with E-state index in [1.54, 1.807) is 42.5 Å². The predicted octanol–water partition coefficient (Wildman–Crippen LogP) is 2.16. The summed E-state index contributed by atoms with van der Waals surface area (Å²) in [6.45, 7) is 1.82. The highest BCUT2D eigenvalue weighted by molar-refractivity contribution is 7.86. The van der Waals surface area contributed by atoms with Gasteiger partial charge in [0.25, 0.3) is 16.0 Å². The van der Waals surface area contributed by atoms with Crippen molar-refractivity contribution in [3.05, 3.63) is 65.7 Å². The molecule has 148 valence electrons. The maximum atomic E-state index is 12.8. The van der Waals surface area contributed by atoms with E-state index in [0.29, 0.717) is 5.56 Å². The Kier molecular flexibility index (Phi) is 5.81. The van der Waals surface area contributed by atoms with Gasteiger partial charge in [0.05, 0.1) is 18.1 Å². The lowest BCUT2D eigenvalue weighted by atomic mass is 10.1. The zero-order valence-corrected chi connectivity index (χ0v) is 16.4. The molecule has 0 aromatic heterocycles. The number of rotatable bonds is 5. The number of esters is 1. The van der Waals surface area contributed by atoms with E-state index in [1.807, 2.05) is 6.92 Å². The highest BCUT2D eigenvalue weighted by Gasteiger charge is 2.43. The van der Waals surface area contributed by atoms with Crippen molar-refractivity contribution in [2.75, 3.05) is 13.7 Å². The second-order valence-corrected chi connectivity index (χ2v) is 8.16. The van der Waals surface area contributed by atoms with Crippen molar-refractivity contribution in [2.45, 2.75) is 30.4 Å². The SMILES string of the molecule is COC(=O)[C@@H]1C[C@@H](OS(=O)(=O)c2ccc(C)cc2)CN1C(=O)c1ccccc1. The average molecular weight is 403 g/mol. The maximum Gasteiger partial charge on any atom is 0.328 e. The van der Waals surface area contributed by atoms with Crippen molar-refractivity contribution in [1.29, 1.82) is 0 Å². The fraction of sp³-hybridized carbons (Fsp3) is 0.300. The minimum atomic E-state index is -4.02. The molecule has 0 spiro atoms. The molecule has 1 fully saturated rings.